The highest BCUT2D eigenvalue weighted by molar-refractivity contribution is 7.15. The molecule has 1 aromatic heterocycles. The smallest absolute Gasteiger partial charge is 0.201 e. The predicted molar refractivity (Wildman–Crippen MR) is 93.6 cm³/mol. The highest BCUT2D eigenvalue weighted by Gasteiger charge is 2.24. The third-order valence-corrected chi connectivity index (χ3v) is 6.12. The SMILES string of the molecule is CC1Cc2cc(-c3ccc(OCC4CC=CC4)c(F)c3F)sc2C1. The molecule has 1 aromatic carbocycles. The molecule has 126 valence electrons. The second-order valence-corrected chi connectivity index (χ2v) is 8.07. The number of rotatable bonds is 4. The third kappa shape index (κ3) is 2.88. The van der Waals surface area contributed by atoms with Crippen LogP contribution in [0.3, 0.4) is 0 Å². The number of allylic oxidation sites excluding steroid dienone is 2. The van der Waals surface area contributed by atoms with Crippen molar-refractivity contribution in [3.8, 4) is 16.2 Å². The van der Waals surface area contributed by atoms with Crippen molar-refractivity contribution in [2.75, 3.05) is 6.61 Å². The minimum atomic E-state index is -0.875. The van der Waals surface area contributed by atoms with Crippen molar-refractivity contribution in [2.24, 2.45) is 11.8 Å². The fourth-order valence-electron chi connectivity index (χ4n) is 3.56. The first-order valence-corrected chi connectivity index (χ1v) is 9.31. The van der Waals surface area contributed by atoms with Crippen molar-refractivity contribution < 1.29 is 13.5 Å². The Hall–Kier alpha value is -1.68. The van der Waals surface area contributed by atoms with Gasteiger partial charge < -0.3 is 4.74 Å². The van der Waals surface area contributed by atoms with Gasteiger partial charge in [0.15, 0.2) is 11.6 Å². The third-order valence-electron chi connectivity index (χ3n) is 4.89. The van der Waals surface area contributed by atoms with E-state index < -0.39 is 11.6 Å². The number of hydrogen-bond acceptors (Lipinski definition) is 2. The second-order valence-electron chi connectivity index (χ2n) is 6.93. The zero-order valence-electron chi connectivity index (χ0n) is 13.6. The van der Waals surface area contributed by atoms with Crippen LogP contribution in [0.2, 0.25) is 0 Å². The lowest BCUT2D eigenvalue weighted by molar-refractivity contribution is 0.243. The van der Waals surface area contributed by atoms with Gasteiger partial charge in [0.05, 0.1) is 6.61 Å². The maximum atomic E-state index is 14.5. The van der Waals surface area contributed by atoms with Crippen LogP contribution in [0, 0.1) is 23.5 Å². The lowest BCUT2D eigenvalue weighted by Gasteiger charge is -2.13. The van der Waals surface area contributed by atoms with Gasteiger partial charge in [0.1, 0.15) is 0 Å². The minimum Gasteiger partial charge on any atom is -0.490 e. The van der Waals surface area contributed by atoms with Crippen LogP contribution >= 0.6 is 11.3 Å². The van der Waals surface area contributed by atoms with Crippen LogP contribution in [0.15, 0.2) is 30.4 Å². The fourth-order valence-corrected chi connectivity index (χ4v) is 4.94. The Labute approximate surface area is 145 Å². The van der Waals surface area contributed by atoms with Gasteiger partial charge in [-0.2, -0.15) is 4.39 Å². The number of halogens is 2. The van der Waals surface area contributed by atoms with E-state index in [1.807, 2.05) is 6.07 Å². The number of hydrogen-bond donors (Lipinski definition) is 0. The van der Waals surface area contributed by atoms with Gasteiger partial charge in [0, 0.05) is 15.3 Å². The van der Waals surface area contributed by atoms with Gasteiger partial charge >= 0.3 is 0 Å². The first-order valence-electron chi connectivity index (χ1n) is 8.49. The maximum absolute atomic E-state index is 14.5. The molecule has 2 aromatic rings. The molecule has 2 aliphatic rings. The van der Waals surface area contributed by atoms with Gasteiger partial charge in [0.25, 0.3) is 0 Å². The Bertz CT molecular complexity index is 762. The lowest BCUT2D eigenvalue weighted by Crippen LogP contribution is -2.10. The van der Waals surface area contributed by atoms with E-state index in [2.05, 4.69) is 19.1 Å². The second kappa shape index (κ2) is 6.32. The molecule has 0 N–H and O–H groups in total. The fraction of sp³-hybridized carbons (Fsp3) is 0.400. The zero-order valence-corrected chi connectivity index (χ0v) is 14.5. The van der Waals surface area contributed by atoms with E-state index in [0.717, 1.165) is 30.6 Å². The number of fused-ring (bicyclic) bond motifs is 1. The molecule has 0 fully saturated rings. The minimum absolute atomic E-state index is 0.0147. The summed E-state index contributed by atoms with van der Waals surface area (Å²) in [5.74, 6) is -0.636. The molecule has 1 unspecified atom stereocenters. The Morgan fingerprint density at radius 2 is 1.92 bits per heavy atom. The predicted octanol–water partition coefficient (Wildman–Crippen LogP) is 5.77. The molecule has 2 aliphatic carbocycles. The van der Waals surface area contributed by atoms with E-state index in [-0.39, 0.29) is 5.75 Å². The standard InChI is InChI=1S/C20H20F2OS/c1-12-8-14-10-18(24-17(14)9-12)15-6-7-16(20(22)19(15)21)23-11-13-4-2-3-5-13/h2-3,6-7,10,12-13H,4-5,8-9,11H2,1H3. The molecular weight excluding hydrogens is 326 g/mol. The molecule has 0 saturated heterocycles. The van der Waals surface area contributed by atoms with E-state index in [9.17, 15) is 8.78 Å². The Morgan fingerprint density at radius 3 is 2.67 bits per heavy atom. The summed E-state index contributed by atoms with van der Waals surface area (Å²) in [5, 5.41) is 0. The van der Waals surface area contributed by atoms with Crippen molar-refractivity contribution in [3.63, 3.8) is 0 Å². The molecule has 1 heterocycles. The average Bonchev–Trinajstić information content (AvgIpc) is 3.25. The van der Waals surface area contributed by atoms with Gasteiger partial charge in [-0.15, -0.1) is 11.3 Å². The summed E-state index contributed by atoms with van der Waals surface area (Å²) in [5.41, 5.74) is 1.63. The van der Waals surface area contributed by atoms with E-state index >= 15 is 0 Å². The van der Waals surface area contributed by atoms with E-state index in [4.69, 9.17) is 4.74 Å². The molecule has 1 nitrogen and oxygen atoms in total. The van der Waals surface area contributed by atoms with Crippen molar-refractivity contribution in [1.82, 2.24) is 0 Å². The summed E-state index contributed by atoms with van der Waals surface area (Å²) in [6, 6.07) is 5.22. The lowest BCUT2D eigenvalue weighted by atomic mass is 10.1. The molecule has 24 heavy (non-hydrogen) atoms. The average molecular weight is 346 g/mol. The summed E-state index contributed by atoms with van der Waals surface area (Å²) < 4.78 is 34.4. The van der Waals surface area contributed by atoms with Crippen LogP contribution in [-0.2, 0) is 12.8 Å². The first-order chi connectivity index (χ1) is 11.6. The maximum Gasteiger partial charge on any atom is 0.201 e. The molecule has 1 atom stereocenters. The summed E-state index contributed by atoms with van der Waals surface area (Å²) in [6.07, 6.45) is 8.17. The molecule has 0 spiro atoms. The van der Waals surface area contributed by atoms with Crippen LogP contribution < -0.4 is 4.74 Å². The van der Waals surface area contributed by atoms with Crippen LogP contribution in [0.5, 0.6) is 5.75 Å². The van der Waals surface area contributed by atoms with Crippen LogP contribution in [0.1, 0.15) is 30.2 Å². The summed E-state index contributed by atoms with van der Waals surface area (Å²) in [7, 11) is 0. The van der Waals surface area contributed by atoms with Crippen LogP contribution in [-0.4, -0.2) is 6.61 Å². The van der Waals surface area contributed by atoms with Crippen molar-refractivity contribution in [3.05, 3.63) is 52.4 Å². The number of thiophene rings is 1. The Kier molecular flexibility index (Phi) is 4.17. The normalized spacial score (nSPS) is 19.9. The Morgan fingerprint density at radius 1 is 1.12 bits per heavy atom. The molecule has 4 rings (SSSR count). The van der Waals surface area contributed by atoms with Gasteiger partial charge in [0.2, 0.25) is 5.82 Å². The van der Waals surface area contributed by atoms with Gasteiger partial charge in [-0.3, -0.25) is 0 Å². The van der Waals surface area contributed by atoms with Crippen molar-refractivity contribution >= 4 is 11.3 Å². The highest BCUT2D eigenvalue weighted by Crippen LogP contribution is 2.40. The molecule has 0 amide bonds. The highest BCUT2D eigenvalue weighted by atomic mass is 32.1. The molecule has 4 heteroatoms. The summed E-state index contributed by atoms with van der Waals surface area (Å²) in [6.45, 7) is 2.65. The first kappa shape index (κ1) is 15.8. The molecule has 0 radical (unpaired) electrons. The van der Waals surface area contributed by atoms with Gasteiger partial charge in [-0.25, -0.2) is 4.39 Å². The van der Waals surface area contributed by atoms with Gasteiger partial charge in [-0.05, 0) is 61.3 Å². The topological polar surface area (TPSA) is 9.23 Å². The molecule has 0 aliphatic heterocycles. The number of benzene rings is 1. The molecular formula is C20H20F2OS. The molecule has 0 saturated carbocycles. The van der Waals surface area contributed by atoms with E-state index in [1.54, 1.807) is 23.5 Å². The van der Waals surface area contributed by atoms with E-state index in [1.165, 1.54) is 10.4 Å². The zero-order chi connectivity index (χ0) is 16.7. The van der Waals surface area contributed by atoms with Crippen LogP contribution in [0.4, 0.5) is 8.78 Å². The van der Waals surface area contributed by atoms with E-state index in [0.29, 0.717) is 24.0 Å². The van der Waals surface area contributed by atoms with Crippen LogP contribution in [0.25, 0.3) is 10.4 Å². The quantitative estimate of drug-likeness (QED) is 0.638. The van der Waals surface area contributed by atoms with Gasteiger partial charge in [-0.1, -0.05) is 19.1 Å². The molecule has 0 bridgehead atoms. The Balaban J connectivity index is 1.54. The summed E-state index contributed by atoms with van der Waals surface area (Å²) in [4.78, 5) is 2.13. The number of ether oxygens (including phenoxy) is 1. The largest absolute Gasteiger partial charge is 0.490 e. The monoisotopic (exact) mass is 346 g/mol. The van der Waals surface area contributed by atoms with Crippen molar-refractivity contribution in [2.45, 2.75) is 32.6 Å². The van der Waals surface area contributed by atoms with Crippen molar-refractivity contribution in [1.29, 1.82) is 0 Å². The summed E-state index contributed by atoms with van der Waals surface area (Å²) >= 11 is 1.59.